The van der Waals surface area contributed by atoms with E-state index in [1.54, 1.807) is 0 Å². The van der Waals surface area contributed by atoms with Crippen molar-refractivity contribution in [1.82, 2.24) is 29.1 Å². The van der Waals surface area contributed by atoms with Gasteiger partial charge in [0.2, 0.25) is 11.9 Å². The molecule has 0 aliphatic heterocycles. The number of fused-ring (bicyclic) bond motifs is 6. The van der Waals surface area contributed by atoms with Crippen LogP contribution in [0.2, 0.25) is 0 Å². The number of benzene rings is 8. The van der Waals surface area contributed by atoms with E-state index in [0.29, 0.717) is 11.9 Å². The van der Waals surface area contributed by atoms with E-state index in [4.69, 9.17) is 19.9 Å². The average molecular weight is 793 g/mol. The molecule has 0 N–H and O–H groups in total. The van der Waals surface area contributed by atoms with Crippen LogP contribution in [0.15, 0.2) is 219 Å². The molecule has 0 aliphatic carbocycles. The molecule has 0 radical (unpaired) electrons. The molecule has 290 valence electrons. The van der Waals surface area contributed by atoms with Crippen LogP contribution in [0.3, 0.4) is 0 Å². The van der Waals surface area contributed by atoms with Crippen LogP contribution in [0.25, 0.3) is 111 Å². The molecule has 0 bridgehead atoms. The summed E-state index contributed by atoms with van der Waals surface area (Å²) in [6.07, 6.45) is 3.72. The van der Waals surface area contributed by atoms with E-state index in [1.165, 1.54) is 11.1 Å². The third-order valence-electron chi connectivity index (χ3n) is 11.9. The molecule has 0 unspecified atom stereocenters. The fourth-order valence-corrected chi connectivity index (χ4v) is 8.95. The summed E-state index contributed by atoms with van der Waals surface area (Å²) in [6.45, 7) is 0. The molecule has 0 fully saturated rings. The first kappa shape index (κ1) is 35.5. The molecule has 8 aromatic carbocycles. The van der Waals surface area contributed by atoms with E-state index >= 15 is 0 Å². The molecule has 0 aliphatic rings. The van der Waals surface area contributed by atoms with E-state index in [-0.39, 0.29) is 0 Å². The smallest absolute Gasteiger partial charge is 0.235 e. The fraction of sp³-hybridized carbons (Fsp3) is 0. The van der Waals surface area contributed by atoms with Crippen molar-refractivity contribution in [3.8, 4) is 67.8 Å². The number of hydrogen-bond acceptors (Lipinski definition) is 4. The number of rotatable bonds is 7. The van der Waals surface area contributed by atoms with Gasteiger partial charge in [-0.15, -0.1) is 0 Å². The highest BCUT2D eigenvalue weighted by Crippen LogP contribution is 2.38. The summed E-state index contributed by atoms with van der Waals surface area (Å²) in [5.41, 5.74) is 15.0. The molecule has 62 heavy (non-hydrogen) atoms. The topological polar surface area (TPSA) is 61.4 Å². The quantitative estimate of drug-likeness (QED) is 0.161. The van der Waals surface area contributed by atoms with Crippen LogP contribution < -0.4 is 0 Å². The van der Waals surface area contributed by atoms with Crippen LogP contribution in [0.1, 0.15) is 0 Å². The fourth-order valence-electron chi connectivity index (χ4n) is 8.95. The SMILES string of the molecule is c1ccc(-c2cccc(-c3ccnc(-n4c5ccccc5c5cc(-c6ccc7c(c6)c6ccccc6n7-c6nccc(-c7cccc(-c8ccccc8)c7)n6)ccc54)n3)c2)cc1. The first-order valence-corrected chi connectivity index (χ1v) is 20.8. The number of hydrogen-bond donors (Lipinski definition) is 0. The van der Waals surface area contributed by atoms with Crippen LogP contribution >= 0.6 is 0 Å². The van der Waals surface area contributed by atoms with Crippen molar-refractivity contribution in [2.75, 3.05) is 0 Å². The zero-order valence-electron chi connectivity index (χ0n) is 33.5. The van der Waals surface area contributed by atoms with Gasteiger partial charge >= 0.3 is 0 Å². The Morgan fingerprint density at radius 2 is 0.629 bits per heavy atom. The minimum atomic E-state index is 0.635. The first-order valence-electron chi connectivity index (χ1n) is 20.8. The Balaban J connectivity index is 0.940. The molecule has 12 aromatic rings. The third-order valence-corrected chi connectivity index (χ3v) is 11.9. The van der Waals surface area contributed by atoms with Gasteiger partial charge in [0.1, 0.15) is 0 Å². The Kier molecular flexibility index (Phi) is 8.38. The van der Waals surface area contributed by atoms with Gasteiger partial charge in [-0.1, -0.05) is 146 Å². The molecule has 0 atom stereocenters. The van der Waals surface area contributed by atoms with Gasteiger partial charge in [0.15, 0.2) is 0 Å². The number of para-hydroxylation sites is 2. The van der Waals surface area contributed by atoms with E-state index in [1.807, 2.05) is 36.7 Å². The molecule has 0 saturated carbocycles. The van der Waals surface area contributed by atoms with Gasteiger partial charge in [0, 0.05) is 45.1 Å². The van der Waals surface area contributed by atoms with Gasteiger partial charge in [-0.2, -0.15) is 0 Å². The van der Waals surface area contributed by atoms with Gasteiger partial charge in [-0.25, -0.2) is 19.9 Å². The number of aromatic nitrogens is 6. The first-order chi connectivity index (χ1) is 30.7. The Hall–Kier alpha value is -8.48. The molecular weight excluding hydrogens is 757 g/mol. The highest BCUT2D eigenvalue weighted by molar-refractivity contribution is 6.12. The summed E-state index contributed by atoms with van der Waals surface area (Å²) < 4.78 is 4.36. The van der Waals surface area contributed by atoms with Crippen molar-refractivity contribution in [2.45, 2.75) is 0 Å². The molecule has 0 amide bonds. The Morgan fingerprint density at radius 1 is 0.258 bits per heavy atom. The van der Waals surface area contributed by atoms with Crippen molar-refractivity contribution in [1.29, 1.82) is 0 Å². The zero-order chi connectivity index (χ0) is 41.0. The van der Waals surface area contributed by atoms with Gasteiger partial charge in [0.25, 0.3) is 0 Å². The van der Waals surface area contributed by atoms with Gasteiger partial charge in [-0.05, 0) is 94.0 Å². The van der Waals surface area contributed by atoms with Gasteiger partial charge in [-0.3, -0.25) is 9.13 Å². The molecule has 6 nitrogen and oxygen atoms in total. The van der Waals surface area contributed by atoms with Crippen molar-refractivity contribution < 1.29 is 0 Å². The lowest BCUT2D eigenvalue weighted by Gasteiger charge is -2.10. The normalized spacial score (nSPS) is 11.5. The second kappa shape index (κ2) is 14.7. The van der Waals surface area contributed by atoms with E-state index < -0.39 is 0 Å². The van der Waals surface area contributed by atoms with Crippen molar-refractivity contribution in [2.24, 2.45) is 0 Å². The van der Waals surface area contributed by atoms with Crippen LogP contribution in [-0.4, -0.2) is 29.1 Å². The molecule has 0 saturated heterocycles. The summed E-state index contributed by atoms with van der Waals surface area (Å²) in [5, 5.41) is 4.58. The lowest BCUT2D eigenvalue weighted by atomic mass is 10.0. The van der Waals surface area contributed by atoms with Crippen molar-refractivity contribution in [3.63, 3.8) is 0 Å². The number of nitrogens with zero attached hydrogens (tertiary/aromatic N) is 6. The average Bonchev–Trinajstić information content (AvgIpc) is 3.87. The molecular formula is C56H36N6. The maximum absolute atomic E-state index is 5.17. The molecule has 4 heterocycles. The summed E-state index contributed by atoms with van der Waals surface area (Å²) in [4.78, 5) is 20.0. The van der Waals surface area contributed by atoms with Crippen LogP contribution in [0, 0.1) is 0 Å². The van der Waals surface area contributed by atoms with Gasteiger partial charge in [0.05, 0.1) is 33.5 Å². The standard InChI is InChI=1S/C56H36N6/c1-3-13-37(14-4-1)39-17-11-19-43(33-39)49-29-31-57-55(59-49)61-51-23-9-7-21-45(51)47-35-41(25-27-53(47)61)42-26-28-54-48(36-42)46-22-8-10-24-52(46)62(54)56-58-32-30-50(60-56)44-20-12-18-40(34-44)38-15-5-2-6-16-38/h1-36H. The highest BCUT2D eigenvalue weighted by atomic mass is 15.2. The minimum absolute atomic E-state index is 0.635. The van der Waals surface area contributed by atoms with Gasteiger partial charge < -0.3 is 0 Å². The monoisotopic (exact) mass is 792 g/mol. The van der Waals surface area contributed by atoms with Crippen molar-refractivity contribution >= 4 is 43.6 Å². The molecule has 12 rings (SSSR count). The molecule has 4 aromatic heterocycles. The zero-order valence-corrected chi connectivity index (χ0v) is 33.5. The predicted octanol–water partition coefficient (Wildman–Crippen LogP) is 13.8. The minimum Gasteiger partial charge on any atom is -0.278 e. The second-order valence-electron chi connectivity index (χ2n) is 15.5. The maximum Gasteiger partial charge on any atom is 0.235 e. The van der Waals surface area contributed by atoms with Crippen LogP contribution in [-0.2, 0) is 0 Å². The summed E-state index contributed by atoms with van der Waals surface area (Å²) in [6, 6.07) is 72.4. The Bertz CT molecular complexity index is 3400. The lowest BCUT2D eigenvalue weighted by Crippen LogP contribution is -2.01. The largest absolute Gasteiger partial charge is 0.278 e. The Morgan fingerprint density at radius 3 is 1.10 bits per heavy atom. The third kappa shape index (κ3) is 6.04. The van der Waals surface area contributed by atoms with E-state index in [2.05, 4.69) is 191 Å². The van der Waals surface area contributed by atoms with E-state index in [9.17, 15) is 0 Å². The molecule has 6 heteroatoms. The molecule has 0 spiro atoms. The summed E-state index contributed by atoms with van der Waals surface area (Å²) in [7, 11) is 0. The highest BCUT2D eigenvalue weighted by Gasteiger charge is 2.19. The van der Waals surface area contributed by atoms with Crippen LogP contribution in [0.5, 0.6) is 0 Å². The predicted molar refractivity (Wildman–Crippen MR) is 253 cm³/mol. The van der Waals surface area contributed by atoms with E-state index in [0.717, 1.165) is 88.4 Å². The van der Waals surface area contributed by atoms with Crippen molar-refractivity contribution in [3.05, 3.63) is 219 Å². The van der Waals surface area contributed by atoms with Crippen LogP contribution in [0.4, 0.5) is 0 Å². The second-order valence-corrected chi connectivity index (χ2v) is 15.5. The maximum atomic E-state index is 5.17. The lowest BCUT2D eigenvalue weighted by molar-refractivity contribution is 0.991. The summed E-state index contributed by atoms with van der Waals surface area (Å²) in [5.74, 6) is 1.27. The summed E-state index contributed by atoms with van der Waals surface area (Å²) >= 11 is 0. The Labute approximate surface area is 357 Å².